The van der Waals surface area contributed by atoms with Gasteiger partial charge in [-0.1, -0.05) is 23.9 Å². The van der Waals surface area contributed by atoms with Gasteiger partial charge in [-0.2, -0.15) is 0 Å². The third-order valence-corrected chi connectivity index (χ3v) is 3.52. The molecule has 0 unspecified atom stereocenters. The molecule has 1 aromatic carbocycles. The van der Waals surface area contributed by atoms with Gasteiger partial charge < -0.3 is 9.88 Å². The molecule has 17 heavy (non-hydrogen) atoms. The highest BCUT2D eigenvalue weighted by atomic mass is 32.2. The molecule has 1 aromatic heterocycles. The van der Waals surface area contributed by atoms with Gasteiger partial charge in [-0.25, -0.2) is 4.98 Å². The Kier molecular flexibility index (Phi) is 3.68. The topological polar surface area (TPSA) is 46.9 Å². The predicted molar refractivity (Wildman–Crippen MR) is 70.2 cm³/mol. The third-order valence-electron chi connectivity index (χ3n) is 2.55. The van der Waals surface area contributed by atoms with E-state index < -0.39 is 0 Å². The standard InChI is InChI=1S/C12H15N3OS/c1-3-15-10-7-5-4-6-9(10)14-12(15)17-8-11(16)13-2/h4-7H,3,8H2,1-2H3,(H,13,16). The smallest absolute Gasteiger partial charge is 0.230 e. The summed E-state index contributed by atoms with van der Waals surface area (Å²) in [5.41, 5.74) is 2.10. The second kappa shape index (κ2) is 5.23. The minimum Gasteiger partial charge on any atom is -0.358 e. The molecule has 1 heterocycles. The molecule has 0 spiro atoms. The van der Waals surface area contributed by atoms with Gasteiger partial charge >= 0.3 is 0 Å². The quantitative estimate of drug-likeness (QED) is 0.842. The van der Waals surface area contributed by atoms with E-state index in [1.54, 1.807) is 7.05 Å². The molecule has 5 heteroatoms. The number of rotatable bonds is 4. The third kappa shape index (κ3) is 2.44. The SMILES string of the molecule is CCn1c(SCC(=O)NC)nc2ccccc21. The summed E-state index contributed by atoms with van der Waals surface area (Å²) in [7, 11) is 1.64. The Morgan fingerprint density at radius 3 is 2.94 bits per heavy atom. The summed E-state index contributed by atoms with van der Waals surface area (Å²) >= 11 is 1.47. The molecule has 1 amide bonds. The summed E-state index contributed by atoms with van der Waals surface area (Å²) in [5, 5.41) is 3.51. The second-order valence-corrected chi connectivity index (χ2v) is 4.53. The minimum atomic E-state index is 0.0182. The number of hydrogen-bond donors (Lipinski definition) is 1. The number of aromatic nitrogens is 2. The Bertz CT molecular complexity index is 536. The molecule has 0 saturated heterocycles. The lowest BCUT2D eigenvalue weighted by molar-refractivity contribution is -0.118. The number of para-hydroxylation sites is 2. The highest BCUT2D eigenvalue weighted by Crippen LogP contribution is 2.23. The van der Waals surface area contributed by atoms with Crippen molar-refractivity contribution in [2.45, 2.75) is 18.6 Å². The van der Waals surface area contributed by atoms with Crippen LogP contribution >= 0.6 is 11.8 Å². The van der Waals surface area contributed by atoms with Crippen LogP contribution in [0.5, 0.6) is 0 Å². The fourth-order valence-electron chi connectivity index (χ4n) is 1.67. The van der Waals surface area contributed by atoms with E-state index in [0.29, 0.717) is 5.75 Å². The van der Waals surface area contributed by atoms with E-state index in [1.165, 1.54) is 11.8 Å². The Hall–Kier alpha value is -1.49. The van der Waals surface area contributed by atoms with Gasteiger partial charge in [-0.15, -0.1) is 0 Å². The summed E-state index contributed by atoms with van der Waals surface area (Å²) in [5.74, 6) is 0.421. The zero-order valence-electron chi connectivity index (χ0n) is 9.93. The number of imidazole rings is 1. The molecule has 2 aromatic rings. The molecule has 0 radical (unpaired) electrons. The van der Waals surface area contributed by atoms with E-state index >= 15 is 0 Å². The number of fused-ring (bicyclic) bond motifs is 1. The maximum atomic E-state index is 11.2. The molecule has 0 atom stereocenters. The lowest BCUT2D eigenvalue weighted by Crippen LogP contribution is -2.20. The van der Waals surface area contributed by atoms with Crippen molar-refractivity contribution < 1.29 is 4.79 Å². The largest absolute Gasteiger partial charge is 0.358 e. The van der Waals surface area contributed by atoms with Gasteiger partial charge in [0.2, 0.25) is 5.91 Å². The summed E-state index contributed by atoms with van der Waals surface area (Å²) in [6.07, 6.45) is 0. The summed E-state index contributed by atoms with van der Waals surface area (Å²) < 4.78 is 2.13. The van der Waals surface area contributed by atoms with Crippen molar-refractivity contribution in [2.75, 3.05) is 12.8 Å². The van der Waals surface area contributed by atoms with E-state index in [0.717, 1.165) is 22.7 Å². The molecular weight excluding hydrogens is 234 g/mol. The Labute approximate surface area is 104 Å². The number of aryl methyl sites for hydroxylation is 1. The second-order valence-electron chi connectivity index (χ2n) is 3.59. The molecule has 90 valence electrons. The number of nitrogens with zero attached hydrogens (tertiary/aromatic N) is 2. The molecule has 0 fully saturated rings. The van der Waals surface area contributed by atoms with E-state index in [9.17, 15) is 4.79 Å². The van der Waals surface area contributed by atoms with Crippen molar-refractivity contribution in [3.8, 4) is 0 Å². The highest BCUT2D eigenvalue weighted by molar-refractivity contribution is 7.99. The fraction of sp³-hybridized carbons (Fsp3) is 0.333. The molecule has 0 saturated carbocycles. The van der Waals surface area contributed by atoms with Crippen molar-refractivity contribution in [3.63, 3.8) is 0 Å². The number of hydrogen-bond acceptors (Lipinski definition) is 3. The summed E-state index contributed by atoms with van der Waals surface area (Å²) in [6.45, 7) is 2.94. The number of carbonyl (C=O) groups excluding carboxylic acids is 1. The molecule has 1 N–H and O–H groups in total. The average Bonchev–Trinajstić information content (AvgIpc) is 2.73. The Balaban J connectivity index is 2.30. The van der Waals surface area contributed by atoms with Crippen LogP contribution in [0.25, 0.3) is 11.0 Å². The van der Waals surface area contributed by atoms with Crippen LogP contribution in [0.2, 0.25) is 0 Å². The molecule has 2 rings (SSSR count). The summed E-state index contributed by atoms with van der Waals surface area (Å²) in [6, 6.07) is 8.02. The monoisotopic (exact) mass is 249 g/mol. The molecule has 0 aliphatic carbocycles. The maximum absolute atomic E-state index is 11.2. The number of benzene rings is 1. The molecule has 0 aliphatic heterocycles. The van der Waals surface area contributed by atoms with E-state index in [1.807, 2.05) is 18.2 Å². The van der Waals surface area contributed by atoms with Gasteiger partial charge in [0.1, 0.15) is 0 Å². The zero-order valence-corrected chi connectivity index (χ0v) is 10.8. The van der Waals surface area contributed by atoms with Crippen LogP contribution in [0.1, 0.15) is 6.92 Å². The fourth-order valence-corrected chi connectivity index (χ4v) is 2.62. The van der Waals surface area contributed by atoms with Gasteiger partial charge in [0, 0.05) is 13.6 Å². The van der Waals surface area contributed by atoms with E-state index in [4.69, 9.17) is 0 Å². The van der Waals surface area contributed by atoms with Gasteiger partial charge in [0.25, 0.3) is 0 Å². The predicted octanol–water partition coefficient (Wildman–Crippen LogP) is 1.89. The first kappa shape index (κ1) is 12.0. The lowest BCUT2D eigenvalue weighted by Gasteiger charge is -2.04. The normalized spacial score (nSPS) is 10.7. The average molecular weight is 249 g/mol. The Morgan fingerprint density at radius 1 is 1.47 bits per heavy atom. The van der Waals surface area contributed by atoms with E-state index in [-0.39, 0.29) is 5.91 Å². The first-order valence-electron chi connectivity index (χ1n) is 5.55. The number of thioether (sulfide) groups is 1. The van der Waals surface area contributed by atoms with Crippen molar-refractivity contribution in [3.05, 3.63) is 24.3 Å². The van der Waals surface area contributed by atoms with Crippen LogP contribution in [0.4, 0.5) is 0 Å². The van der Waals surface area contributed by atoms with E-state index in [2.05, 4.69) is 27.9 Å². The zero-order chi connectivity index (χ0) is 12.3. The number of carbonyl (C=O) groups is 1. The van der Waals surface area contributed by atoms with Gasteiger partial charge in [0.15, 0.2) is 5.16 Å². The van der Waals surface area contributed by atoms with Crippen molar-refractivity contribution in [1.82, 2.24) is 14.9 Å². The molecule has 4 nitrogen and oxygen atoms in total. The molecular formula is C12H15N3OS. The van der Waals surface area contributed by atoms with Crippen molar-refractivity contribution >= 4 is 28.7 Å². The maximum Gasteiger partial charge on any atom is 0.230 e. The Morgan fingerprint density at radius 2 is 2.24 bits per heavy atom. The van der Waals surface area contributed by atoms with Crippen LogP contribution in [-0.2, 0) is 11.3 Å². The minimum absolute atomic E-state index is 0.0182. The summed E-state index contributed by atoms with van der Waals surface area (Å²) in [4.78, 5) is 15.8. The molecule has 0 aliphatic rings. The van der Waals surface area contributed by atoms with Gasteiger partial charge in [-0.3, -0.25) is 4.79 Å². The van der Waals surface area contributed by atoms with Crippen molar-refractivity contribution in [1.29, 1.82) is 0 Å². The number of nitrogens with one attached hydrogen (secondary N) is 1. The molecule has 0 bridgehead atoms. The van der Waals surface area contributed by atoms with Crippen molar-refractivity contribution in [2.24, 2.45) is 0 Å². The van der Waals surface area contributed by atoms with Crippen LogP contribution in [0.3, 0.4) is 0 Å². The van der Waals surface area contributed by atoms with Crippen LogP contribution < -0.4 is 5.32 Å². The van der Waals surface area contributed by atoms with Gasteiger partial charge in [-0.05, 0) is 19.1 Å². The van der Waals surface area contributed by atoms with Crippen LogP contribution in [0, 0.1) is 0 Å². The highest BCUT2D eigenvalue weighted by Gasteiger charge is 2.10. The van der Waals surface area contributed by atoms with Crippen LogP contribution in [0.15, 0.2) is 29.4 Å². The van der Waals surface area contributed by atoms with Gasteiger partial charge in [0.05, 0.1) is 16.8 Å². The lowest BCUT2D eigenvalue weighted by atomic mass is 10.3. The number of amides is 1. The van der Waals surface area contributed by atoms with Crippen LogP contribution in [-0.4, -0.2) is 28.3 Å². The first-order valence-corrected chi connectivity index (χ1v) is 6.53. The first-order chi connectivity index (χ1) is 8.26.